The van der Waals surface area contributed by atoms with Crippen molar-refractivity contribution in [2.45, 2.75) is 59.7 Å². The van der Waals surface area contributed by atoms with Crippen molar-refractivity contribution in [1.82, 2.24) is 5.32 Å². The molecule has 0 aliphatic heterocycles. The summed E-state index contributed by atoms with van der Waals surface area (Å²) >= 11 is 0. The molecule has 33 heavy (non-hydrogen) atoms. The van der Waals surface area contributed by atoms with Gasteiger partial charge in [-0.25, -0.2) is 0 Å². The van der Waals surface area contributed by atoms with Gasteiger partial charge >= 0.3 is 5.97 Å². The van der Waals surface area contributed by atoms with Gasteiger partial charge in [-0.1, -0.05) is 27.7 Å². The SMILES string of the molecule is CC(=O)Oc1ccc(C=O)cc1.CC(C)C(C=O)NC(=O)C(N)C(C)C.COCC(C)OC. The number of amides is 1. The monoisotopic (exact) mass is 468 g/mol. The normalized spacial score (nSPS) is 12.8. The Hall–Kier alpha value is -2.62. The number of ether oxygens (including phenoxy) is 3. The Morgan fingerprint density at radius 1 is 1.00 bits per heavy atom. The van der Waals surface area contributed by atoms with Gasteiger partial charge in [-0.05, 0) is 43.0 Å². The Labute approximate surface area is 197 Å². The summed E-state index contributed by atoms with van der Waals surface area (Å²) in [5, 5.41) is 2.62. The fourth-order valence-corrected chi connectivity index (χ4v) is 2.00. The molecule has 1 aromatic rings. The van der Waals surface area contributed by atoms with Crippen molar-refractivity contribution in [3.8, 4) is 5.75 Å². The van der Waals surface area contributed by atoms with Crippen molar-refractivity contribution in [3.63, 3.8) is 0 Å². The molecule has 0 bridgehead atoms. The van der Waals surface area contributed by atoms with Crippen LogP contribution in [-0.2, 0) is 23.9 Å². The van der Waals surface area contributed by atoms with Crippen LogP contribution in [0.2, 0.25) is 0 Å². The zero-order valence-corrected chi connectivity index (χ0v) is 21.0. The van der Waals surface area contributed by atoms with E-state index in [1.165, 1.54) is 6.92 Å². The summed E-state index contributed by atoms with van der Waals surface area (Å²) in [6.45, 7) is 11.5. The van der Waals surface area contributed by atoms with Crippen LogP contribution in [0.4, 0.5) is 0 Å². The van der Waals surface area contributed by atoms with Crippen LogP contribution >= 0.6 is 0 Å². The van der Waals surface area contributed by atoms with E-state index in [2.05, 4.69) is 5.32 Å². The first kappa shape index (κ1) is 32.6. The number of esters is 1. The van der Waals surface area contributed by atoms with Gasteiger partial charge in [-0.15, -0.1) is 0 Å². The van der Waals surface area contributed by atoms with E-state index in [0.29, 0.717) is 17.9 Å². The first-order valence-corrected chi connectivity index (χ1v) is 10.7. The number of methoxy groups -OCH3 is 2. The van der Waals surface area contributed by atoms with E-state index in [9.17, 15) is 19.2 Å². The highest BCUT2D eigenvalue weighted by atomic mass is 16.5. The Bertz CT molecular complexity index is 691. The van der Waals surface area contributed by atoms with Gasteiger partial charge < -0.3 is 30.1 Å². The van der Waals surface area contributed by atoms with E-state index < -0.39 is 12.1 Å². The number of aldehydes is 2. The van der Waals surface area contributed by atoms with E-state index >= 15 is 0 Å². The maximum Gasteiger partial charge on any atom is 0.308 e. The predicted octanol–water partition coefficient (Wildman–Crippen LogP) is 2.40. The highest BCUT2D eigenvalue weighted by Gasteiger charge is 2.21. The summed E-state index contributed by atoms with van der Waals surface area (Å²) < 4.78 is 14.4. The lowest BCUT2D eigenvalue weighted by atomic mass is 10.0. The van der Waals surface area contributed by atoms with Gasteiger partial charge in [-0.2, -0.15) is 0 Å². The molecule has 1 rings (SSSR count). The van der Waals surface area contributed by atoms with Crippen molar-refractivity contribution >= 4 is 24.4 Å². The molecule has 0 aromatic heterocycles. The number of hydrogen-bond donors (Lipinski definition) is 2. The molecule has 3 atom stereocenters. The summed E-state index contributed by atoms with van der Waals surface area (Å²) in [4.78, 5) is 42.8. The van der Waals surface area contributed by atoms with Gasteiger partial charge in [0.05, 0.1) is 24.8 Å². The number of nitrogens with two attached hydrogens (primary N) is 1. The summed E-state index contributed by atoms with van der Waals surface area (Å²) in [7, 11) is 3.33. The lowest BCUT2D eigenvalue weighted by Gasteiger charge is -2.20. The zero-order chi connectivity index (χ0) is 26.0. The Morgan fingerprint density at radius 3 is 1.85 bits per heavy atom. The lowest BCUT2D eigenvalue weighted by Crippen LogP contribution is -2.49. The summed E-state index contributed by atoms with van der Waals surface area (Å²) in [5.74, 6) is -0.00182. The van der Waals surface area contributed by atoms with Gasteiger partial charge in [0.1, 0.15) is 18.3 Å². The van der Waals surface area contributed by atoms with Gasteiger partial charge in [-0.3, -0.25) is 14.4 Å². The molecular weight excluding hydrogens is 428 g/mol. The van der Waals surface area contributed by atoms with E-state index in [4.69, 9.17) is 19.9 Å². The quantitative estimate of drug-likeness (QED) is 0.304. The van der Waals surface area contributed by atoms with Crippen LogP contribution in [0.1, 0.15) is 51.9 Å². The van der Waals surface area contributed by atoms with Crippen molar-refractivity contribution in [2.75, 3.05) is 20.8 Å². The Morgan fingerprint density at radius 2 is 1.55 bits per heavy atom. The number of benzene rings is 1. The van der Waals surface area contributed by atoms with Gasteiger partial charge in [0.25, 0.3) is 0 Å². The number of rotatable bonds is 10. The second-order valence-corrected chi connectivity index (χ2v) is 7.97. The minimum atomic E-state index is -0.545. The minimum Gasteiger partial charge on any atom is -0.427 e. The molecule has 3 unspecified atom stereocenters. The molecule has 0 heterocycles. The number of carbonyl (C=O) groups excluding carboxylic acids is 4. The zero-order valence-electron chi connectivity index (χ0n) is 21.0. The van der Waals surface area contributed by atoms with E-state index in [-0.39, 0.29) is 29.8 Å². The third-order valence-corrected chi connectivity index (χ3v) is 4.28. The molecule has 0 aliphatic carbocycles. The molecule has 0 fully saturated rings. The molecule has 9 nitrogen and oxygen atoms in total. The van der Waals surface area contributed by atoms with E-state index in [0.717, 1.165) is 12.6 Å². The molecule has 0 spiro atoms. The number of hydrogen-bond acceptors (Lipinski definition) is 8. The van der Waals surface area contributed by atoms with Gasteiger partial charge in [0.15, 0.2) is 0 Å². The topological polar surface area (TPSA) is 134 Å². The highest BCUT2D eigenvalue weighted by molar-refractivity contribution is 5.84. The molecule has 3 N–H and O–H groups in total. The molecule has 1 amide bonds. The van der Waals surface area contributed by atoms with E-state index in [1.54, 1.807) is 38.5 Å². The largest absolute Gasteiger partial charge is 0.427 e. The highest BCUT2D eigenvalue weighted by Crippen LogP contribution is 2.10. The summed E-state index contributed by atoms with van der Waals surface area (Å²) in [6.07, 6.45) is 1.71. The molecule has 0 radical (unpaired) electrons. The number of nitrogens with one attached hydrogen (secondary N) is 1. The maximum absolute atomic E-state index is 11.5. The molecule has 1 aromatic carbocycles. The fourth-order valence-electron chi connectivity index (χ4n) is 2.00. The summed E-state index contributed by atoms with van der Waals surface area (Å²) in [6, 6.07) is 5.34. The van der Waals surface area contributed by atoms with Crippen LogP contribution < -0.4 is 15.8 Å². The van der Waals surface area contributed by atoms with Crippen LogP contribution in [0.5, 0.6) is 5.75 Å². The smallest absolute Gasteiger partial charge is 0.308 e. The van der Waals surface area contributed by atoms with Gasteiger partial charge in [0.2, 0.25) is 5.91 Å². The van der Waals surface area contributed by atoms with Gasteiger partial charge in [0, 0.05) is 26.7 Å². The lowest BCUT2D eigenvalue weighted by molar-refractivity contribution is -0.132. The first-order valence-electron chi connectivity index (χ1n) is 10.7. The van der Waals surface area contributed by atoms with Crippen LogP contribution in [0, 0.1) is 11.8 Å². The minimum absolute atomic E-state index is 0.0782. The first-order chi connectivity index (χ1) is 15.4. The second-order valence-electron chi connectivity index (χ2n) is 7.97. The fraction of sp³-hybridized carbons (Fsp3) is 0.583. The standard InChI is InChI=1S/C10H20N2O2.C9H8O3.C5H12O2/c1-6(2)8(5-13)12-10(14)9(11)7(3)4;1-7(11)12-9-4-2-8(6-10)3-5-9;1-5(7-3)4-6-2/h5-9H,11H2,1-4H3,(H,12,14);2-6H,1H3;5H,4H2,1-3H3. The molecule has 0 aliphatic rings. The second kappa shape index (κ2) is 18.9. The molecule has 188 valence electrons. The number of carbonyl (C=O) groups is 4. The van der Waals surface area contributed by atoms with Crippen molar-refractivity contribution in [2.24, 2.45) is 17.6 Å². The van der Waals surface area contributed by atoms with Crippen LogP contribution in [0.3, 0.4) is 0 Å². The van der Waals surface area contributed by atoms with Crippen LogP contribution in [-0.4, -0.2) is 63.5 Å². The van der Waals surface area contributed by atoms with Crippen molar-refractivity contribution in [1.29, 1.82) is 0 Å². The summed E-state index contributed by atoms with van der Waals surface area (Å²) in [5.41, 5.74) is 6.20. The predicted molar refractivity (Wildman–Crippen MR) is 127 cm³/mol. The maximum atomic E-state index is 11.5. The van der Waals surface area contributed by atoms with Crippen molar-refractivity contribution < 1.29 is 33.4 Å². The molecule has 0 saturated carbocycles. The average Bonchev–Trinajstić information content (AvgIpc) is 2.77. The molecular formula is C24H40N2O7. The van der Waals surface area contributed by atoms with Crippen LogP contribution in [0.25, 0.3) is 0 Å². The molecule has 0 saturated heterocycles. The van der Waals surface area contributed by atoms with Crippen LogP contribution in [0.15, 0.2) is 24.3 Å². The average molecular weight is 469 g/mol. The van der Waals surface area contributed by atoms with E-state index in [1.807, 2.05) is 34.6 Å². The third-order valence-electron chi connectivity index (χ3n) is 4.28. The Balaban J connectivity index is 0. The Kier molecular flexibility index (Phi) is 18.7. The van der Waals surface area contributed by atoms with Crippen molar-refractivity contribution in [3.05, 3.63) is 29.8 Å². The third kappa shape index (κ3) is 16.6. The molecule has 9 heteroatoms.